The summed E-state index contributed by atoms with van der Waals surface area (Å²) < 4.78 is 33.8. The minimum atomic E-state index is -0.588. The Morgan fingerprint density at radius 1 is 1.12 bits per heavy atom. The van der Waals surface area contributed by atoms with Gasteiger partial charge in [0.15, 0.2) is 0 Å². The molecule has 0 radical (unpaired) electrons. The molecule has 0 fully saturated rings. The largest absolute Gasteiger partial charge is 0.493 e. The third-order valence-corrected chi connectivity index (χ3v) is 4.27. The normalized spacial score (nSPS) is 11.2. The number of halogens is 2. The Bertz CT molecular complexity index is 874. The summed E-state index contributed by atoms with van der Waals surface area (Å²) in [7, 11) is 0. The van der Waals surface area contributed by atoms with E-state index < -0.39 is 11.6 Å². The fourth-order valence-corrected chi connectivity index (χ4v) is 3.16. The number of ether oxygens (including phenoxy) is 1. The molecule has 0 aliphatic rings. The second kappa shape index (κ2) is 7.66. The van der Waals surface area contributed by atoms with E-state index >= 15 is 0 Å². The van der Waals surface area contributed by atoms with Crippen molar-refractivity contribution in [1.29, 1.82) is 0 Å². The van der Waals surface area contributed by atoms with Crippen molar-refractivity contribution in [3.05, 3.63) is 53.6 Å². The van der Waals surface area contributed by atoms with E-state index in [1.54, 1.807) is 0 Å². The second-order valence-electron chi connectivity index (χ2n) is 5.96. The first-order chi connectivity index (χ1) is 12.2. The Kier molecular flexibility index (Phi) is 5.34. The molecule has 0 saturated carbocycles. The molecule has 5 heteroatoms. The van der Waals surface area contributed by atoms with Crippen LogP contribution in [-0.4, -0.2) is 18.1 Å². The Morgan fingerprint density at radius 2 is 1.92 bits per heavy atom. The maximum absolute atomic E-state index is 14.3. The predicted molar refractivity (Wildman–Crippen MR) is 96.8 cm³/mol. The first-order valence-electron chi connectivity index (χ1n) is 8.57. The number of hydrogen-bond donors (Lipinski definition) is 2. The van der Waals surface area contributed by atoms with Gasteiger partial charge in [-0.3, -0.25) is 0 Å². The molecule has 0 aliphatic heterocycles. The molecule has 3 nitrogen and oxygen atoms in total. The lowest BCUT2D eigenvalue weighted by molar-refractivity contribution is 0.341. The number of rotatable bonds is 7. The zero-order valence-corrected chi connectivity index (χ0v) is 14.2. The van der Waals surface area contributed by atoms with E-state index in [0.29, 0.717) is 30.5 Å². The summed E-state index contributed by atoms with van der Waals surface area (Å²) in [6.45, 7) is 3.04. The molecule has 2 aromatic carbocycles. The first-order valence-corrected chi connectivity index (χ1v) is 8.57. The number of aryl methyl sites for hydroxylation is 1. The maximum Gasteiger partial charge on any atom is 0.150 e. The summed E-state index contributed by atoms with van der Waals surface area (Å²) >= 11 is 0. The molecule has 0 aliphatic carbocycles. The highest BCUT2D eigenvalue weighted by atomic mass is 19.1. The molecule has 0 amide bonds. The summed E-state index contributed by atoms with van der Waals surface area (Å²) in [4.78, 5) is 3.15. The van der Waals surface area contributed by atoms with E-state index in [2.05, 4.69) is 4.98 Å². The number of aromatic amines is 1. The van der Waals surface area contributed by atoms with E-state index in [1.807, 2.05) is 31.2 Å². The maximum atomic E-state index is 14.3. The van der Waals surface area contributed by atoms with E-state index in [1.165, 1.54) is 6.07 Å². The van der Waals surface area contributed by atoms with Crippen molar-refractivity contribution in [3.8, 4) is 17.0 Å². The van der Waals surface area contributed by atoms with Crippen molar-refractivity contribution in [2.45, 2.75) is 26.2 Å². The molecule has 132 valence electrons. The summed E-state index contributed by atoms with van der Waals surface area (Å²) in [6, 6.07) is 9.90. The molecule has 0 atom stereocenters. The minimum absolute atomic E-state index is 0.324. The molecular formula is C20H22F2N2O. The van der Waals surface area contributed by atoms with Gasteiger partial charge in [0.1, 0.15) is 17.4 Å². The van der Waals surface area contributed by atoms with Crippen molar-refractivity contribution in [2.24, 2.45) is 5.73 Å². The van der Waals surface area contributed by atoms with E-state index in [4.69, 9.17) is 10.5 Å². The topological polar surface area (TPSA) is 51.0 Å². The highest BCUT2D eigenvalue weighted by molar-refractivity contribution is 5.92. The van der Waals surface area contributed by atoms with Crippen LogP contribution in [0, 0.1) is 11.6 Å². The number of para-hydroxylation sites is 1. The highest BCUT2D eigenvalue weighted by Gasteiger charge is 2.19. The van der Waals surface area contributed by atoms with Crippen LogP contribution in [0.15, 0.2) is 36.4 Å². The first kappa shape index (κ1) is 17.4. The summed E-state index contributed by atoms with van der Waals surface area (Å²) in [5, 5.41) is 0.579. The van der Waals surface area contributed by atoms with Gasteiger partial charge in [0.05, 0.1) is 17.8 Å². The van der Waals surface area contributed by atoms with Crippen molar-refractivity contribution < 1.29 is 13.5 Å². The standard InChI is InChI=1S/C20H22F2N2O/c1-2-25-18-9-4-3-8-15(18)19-14(7-5-6-10-23)16-11-13(21)12-17(22)20(16)24-19/h3-4,8-9,11-12,24H,2,5-7,10,23H2,1H3. The number of hydrogen-bond acceptors (Lipinski definition) is 2. The van der Waals surface area contributed by atoms with Gasteiger partial charge in [-0.1, -0.05) is 12.1 Å². The molecule has 0 saturated heterocycles. The van der Waals surface area contributed by atoms with Crippen LogP contribution in [-0.2, 0) is 6.42 Å². The fourth-order valence-electron chi connectivity index (χ4n) is 3.16. The van der Waals surface area contributed by atoms with Crippen LogP contribution in [0.4, 0.5) is 8.78 Å². The van der Waals surface area contributed by atoms with Gasteiger partial charge >= 0.3 is 0 Å². The van der Waals surface area contributed by atoms with Gasteiger partial charge in [0.2, 0.25) is 0 Å². The summed E-state index contributed by atoms with van der Waals surface area (Å²) in [6.07, 6.45) is 2.40. The van der Waals surface area contributed by atoms with Gasteiger partial charge in [0, 0.05) is 17.0 Å². The predicted octanol–water partition coefficient (Wildman–Crippen LogP) is 4.79. The van der Waals surface area contributed by atoms with Crippen LogP contribution in [0.25, 0.3) is 22.2 Å². The fraction of sp³-hybridized carbons (Fsp3) is 0.300. The van der Waals surface area contributed by atoms with E-state index in [-0.39, 0.29) is 0 Å². The van der Waals surface area contributed by atoms with E-state index in [9.17, 15) is 8.78 Å². The van der Waals surface area contributed by atoms with E-state index in [0.717, 1.165) is 41.5 Å². The smallest absolute Gasteiger partial charge is 0.150 e. The van der Waals surface area contributed by atoms with Gasteiger partial charge in [-0.25, -0.2) is 8.78 Å². The number of nitrogens with two attached hydrogens (primary N) is 1. The zero-order valence-electron chi connectivity index (χ0n) is 14.2. The lowest BCUT2D eigenvalue weighted by Crippen LogP contribution is -2.00. The van der Waals surface area contributed by atoms with Gasteiger partial charge < -0.3 is 15.5 Å². The molecule has 3 N–H and O–H groups in total. The van der Waals surface area contributed by atoms with Gasteiger partial charge in [-0.2, -0.15) is 0 Å². The van der Waals surface area contributed by atoms with Gasteiger partial charge in [-0.05, 0) is 56.5 Å². The van der Waals surface area contributed by atoms with Gasteiger partial charge in [-0.15, -0.1) is 0 Å². The molecular weight excluding hydrogens is 322 g/mol. The summed E-state index contributed by atoms with van der Waals surface area (Å²) in [5.41, 5.74) is 8.44. The zero-order chi connectivity index (χ0) is 17.8. The number of fused-ring (bicyclic) bond motifs is 1. The molecule has 1 aromatic heterocycles. The second-order valence-corrected chi connectivity index (χ2v) is 5.96. The van der Waals surface area contributed by atoms with Crippen molar-refractivity contribution in [2.75, 3.05) is 13.2 Å². The van der Waals surface area contributed by atoms with Crippen molar-refractivity contribution >= 4 is 10.9 Å². The third kappa shape index (κ3) is 3.51. The SMILES string of the molecule is CCOc1ccccc1-c1[nH]c2c(F)cc(F)cc2c1CCCCN. The van der Waals surface area contributed by atoms with Crippen LogP contribution < -0.4 is 10.5 Å². The minimum Gasteiger partial charge on any atom is -0.493 e. The molecule has 0 bridgehead atoms. The Labute approximate surface area is 145 Å². The average Bonchev–Trinajstić information content (AvgIpc) is 2.95. The van der Waals surface area contributed by atoms with Crippen molar-refractivity contribution in [1.82, 2.24) is 4.98 Å². The molecule has 3 aromatic rings. The monoisotopic (exact) mass is 344 g/mol. The lowest BCUT2D eigenvalue weighted by atomic mass is 9.99. The van der Waals surface area contributed by atoms with Crippen LogP contribution in [0.2, 0.25) is 0 Å². The Hall–Kier alpha value is -2.40. The van der Waals surface area contributed by atoms with Crippen LogP contribution in [0.5, 0.6) is 5.75 Å². The summed E-state index contributed by atoms with van der Waals surface area (Å²) in [5.74, 6) is -0.443. The Balaban J connectivity index is 2.20. The van der Waals surface area contributed by atoms with Crippen molar-refractivity contribution in [3.63, 3.8) is 0 Å². The van der Waals surface area contributed by atoms with Crippen LogP contribution in [0.1, 0.15) is 25.3 Å². The quantitative estimate of drug-likeness (QED) is 0.605. The number of unbranched alkanes of at least 4 members (excludes halogenated alkanes) is 1. The van der Waals surface area contributed by atoms with Gasteiger partial charge in [0.25, 0.3) is 0 Å². The number of aromatic nitrogens is 1. The number of nitrogens with one attached hydrogen (secondary N) is 1. The van der Waals surface area contributed by atoms with Crippen LogP contribution >= 0.6 is 0 Å². The Morgan fingerprint density at radius 3 is 2.68 bits per heavy atom. The highest BCUT2D eigenvalue weighted by Crippen LogP contribution is 2.37. The number of benzene rings is 2. The molecule has 3 rings (SSSR count). The lowest BCUT2D eigenvalue weighted by Gasteiger charge is -2.11. The molecule has 0 spiro atoms. The molecule has 25 heavy (non-hydrogen) atoms. The average molecular weight is 344 g/mol. The molecule has 0 unspecified atom stereocenters. The van der Waals surface area contributed by atoms with Crippen LogP contribution in [0.3, 0.4) is 0 Å². The molecule has 1 heterocycles. The number of H-pyrrole nitrogens is 1. The third-order valence-electron chi connectivity index (χ3n) is 4.27.